The summed E-state index contributed by atoms with van der Waals surface area (Å²) < 4.78 is 0. The normalized spacial score (nSPS) is 16.2. The maximum absolute atomic E-state index is 12.4. The van der Waals surface area contributed by atoms with Gasteiger partial charge >= 0.3 is 5.97 Å². The number of aliphatic carboxylic acids is 1. The molecule has 0 saturated carbocycles. The first-order chi connectivity index (χ1) is 12.4. The van der Waals surface area contributed by atoms with Crippen LogP contribution in [0.3, 0.4) is 0 Å². The molecule has 1 aromatic rings. The zero-order valence-electron chi connectivity index (χ0n) is 15.4. The van der Waals surface area contributed by atoms with Crippen LogP contribution in [0.5, 0.6) is 0 Å². The Morgan fingerprint density at radius 2 is 1.88 bits per heavy atom. The number of amides is 1. The summed E-state index contributed by atoms with van der Waals surface area (Å²) in [5.74, 6) is -1.10. The molecule has 0 radical (unpaired) electrons. The summed E-state index contributed by atoms with van der Waals surface area (Å²) >= 11 is 6.38. The van der Waals surface area contributed by atoms with E-state index in [-0.39, 0.29) is 31.1 Å². The van der Waals surface area contributed by atoms with Crippen molar-refractivity contribution in [3.8, 4) is 0 Å². The fourth-order valence-electron chi connectivity index (χ4n) is 3.28. The molecule has 0 bridgehead atoms. The number of nitrogens with zero attached hydrogens (tertiary/aromatic N) is 2. The molecule has 1 fully saturated rings. The van der Waals surface area contributed by atoms with Gasteiger partial charge in [0.25, 0.3) is 0 Å². The number of carboxylic acids is 1. The smallest absolute Gasteiger partial charge is 0.317 e. The Morgan fingerprint density at radius 3 is 2.46 bits per heavy atom. The number of likely N-dealkylation sites (tertiary alicyclic amines) is 1. The standard InChI is InChI=1S/C19H28ClN3O3/c1-14(2)23(13-19(25)26)12-18(24)21-11-17(22-9-5-6-10-22)15-7-3-4-8-16(15)20/h3-4,7-8,14,17H,5-6,9-13H2,1-2H3,(H,21,24)(H,25,26). The number of rotatable bonds is 9. The van der Waals surface area contributed by atoms with E-state index in [1.165, 1.54) is 0 Å². The van der Waals surface area contributed by atoms with Crippen molar-refractivity contribution in [3.63, 3.8) is 0 Å². The maximum Gasteiger partial charge on any atom is 0.317 e. The van der Waals surface area contributed by atoms with Gasteiger partial charge in [-0.2, -0.15) is 0 Å². The molecule has 1 heterocycles. The highest BCUT2D eigenvalue weighted by molar-refractivity contribution is 6.31. The summed E-state index contributed by atoms with van der Waals surface area (Å²) in [7, 11) is 0. The van der Waals surface area contributed by atoms with Gasteiger partial charge in [-0.25, -0.2) is 0 Å². The molecule has 1 aromatic carbocycles. The minimum Gasteiger partial charge on any atom is -0.480 e. The lowest BCUT2D eigenvalue weighted by molar-refractivity contribution is -0.139. The summed E-state index contributed by atoms with van der Waals surface area (Å²) in [5, 5.41) is 12.7. The van der Waals surface area contributed by atoms with Crippen LogP contribution >= 0.6 is 11.6 Å². The Hall–Kier alpha value is -1.63. The molecule has 1 amide bonds. The number of nitrogens with one attached hydrogen (secondary N) is 1. The Labute approximate surface area is 160 Å². The fraction of sp³-hybridized carbons (Fsp3) is 0.579. The van der Waals surface area contributed by atoms with Crippen LogP contribution in [0.2, 0.25) is 5.02 Å². The average Bonchev–Trinajstić information content (AvgIpc) is 3.10. The number of carbonyl (C=O) groups is 2. The molecule has 0 aromatic heterocycles. The molecule has 0 aliphatic carbocycles. The van der Waals surface area contributed by atoms with Crippen LogP contribution in [0.4, 0.5) is 0 Å². The van der Waals surface area contributed by atoms with Gasteiger partial charge in [-0.1, -0.05) is 29.8 Å². The van der Waals surface area contributed by atoms with E-state index in [9.17, 15) is 9.59 Å². The third-order valence-electron chi connectivity index (χ3n) is 4.75. The van der Waals surface area contributed by atoms with Crippen molar-refractivity contribution in [1.82, 2.24) is 15.1 Å². The molecule has 2 N–H and O–H groups in total. The van der Waals surface area contributed by atoms with Crippen LogP contribution in [-0.4, -0.2) is 65.5 Å². The second kappa shape index (κ2) is 9.90. The molecule has 1 unspecified atom stereocenters. The molecule has 0 spiro atoms. The van der Waals surface area contributed by atoms with Crippen LogP contribution in [0, 0.1) is 0 Å². The van der Waals surface area contributed by atoms with E-state index in [2.05, 4.69) is 10.2 Å². The molecule has 1 aliphatic rings. The summed E-state index contributed by atoms with van der Waals surface area (Å²) in [6.45, 7) is 6.12. The van der Waals surface area contributed by atoms with Gasteiger partial charge in [0, 0.05) is 17.6 Å². The summed E-state index contributed by atoms with van der Waals surface area (Å²) in [6, 6.07) is 7.74. The zero-order valence-corrected chi connectivity index (χ0v) is 16.2. The second-order valence-corrected chi connectivity index (χ2v) is 7.38. The van der Waals surface area contributed by atoms with Crippen molar-refractivity contribution in [2.45, 2.75) is 38.8 Å². The predicted octanol–water partition coefficient (Wildman–Crippen LogP) is 2.39. The summed E-state index contributed by atoms with van der Waals surface area (Å²) in [6.07, 6.45) is 2.29. The first-order valence-electron chi connectivity index (χ1n) is 9.09. The Balaban J connectivity index is 2.01. The van der Waals surface area contributed by atoms with E-state index < -0.39 is 5.97 Å². The molecular formula is C19H28ClN3O3. The molecule has 6 nitrogen and oxygen atoms in total. The Morgan fingerprint density at radius 1 is 1.23 bits per heavy atom. The van der Waals surface area contributed by atoms with E-state index in [4.69, 9.17) is 16.7 Å². The van der Waals surface area contributed by atoms with E-state index in [0.717, 1.165) is 31.5 Å². The van der Waals surface area contributed by atoms with E-state index in [1.807, 2.05) is 38.1 Å². The van der Waals surface area contributed by atoms with E-state index in [1.54, 1.807) is 4.90 Å². The van der Waals surface area contributed by atoms with Gasteiger partial charge in [-0.15, -0.1) is 0 Å². The van der Waals surface area contributed by atoms with Crippen molar-refractivity contribution in [2.75, 3.05) is 32.7 Å². The second-order valence-electron chi connectivity index (χ2n) is 6.98. The number of carboxylic acid groups (broad SMARTS) is 1. The van der Waals surface area contributed by atoms with Crippen LogP contribution in [0.25, 0.3) is 0 Å². The van der Waals surface area contributed by atoms with Crippen molar-refractivity contribution >= 4 is 23.5 Å². The van der Waals surface area contributed by atoms with Crippen molar-refractivity contribution in [3.05, 3.63) is 34.9 Å². The van der Waals surface area contributed by atoms with Crippen LogP contribution in [0.15, 0.2) is 24.3 Å². The van der Waals surface area contributed by atoms with Gasteiger partial charge in [0.05, 0.1) is 19.1 Å². The van der Waals surface area contributed by atoms with Crippen LogP contribution < -0.4 is 5.32 Å². The molecule has 1 atom stereocenters. The van der Waals surface area contributed by atoms with Crippen molar-refractivity contribution in [1.29, 1.82) is 0 Å². The van der Waals surface area contributed by atoms with Gasteiger partial charge in [-0.3, -0.25) is 19.4 Å². The Kier molecular flexibility index (Phi) is 7.87. The number of benzene rings is 1. The van der Waals surface area contributed by atoms with Crippen LogP contribution in [-0.2, 0) is 9.59 Å². The van der Waals surface area contributed by atoms with E-state index in [0.29, 0.717) is 11.6 Å². The van der Waals surface area contributed by atoms with Crippen molar-refractivity contribution < 1.29 is 14.7 Å². The number of hydrogen-bond acceptors (Lipinski definition) is 4. The fourth-order valence-corrected chi connectivity index (χ4v) is 3.54. The third-order valence-corrected chi connectivity index (χ3v) is 5.10. The molecule has 1 aliphatic heterocycles. The highest BCUT2D eigenvalue weighted by Crippen LogP contribution is 2.29. The summed E-state index contributed by atoms with van der Waals surface area (Å²) in [4.78, 5) is 27.3. The molecule has 26 heavy (non-hydrogen) atoms. The summed E-state index contributed by atoms with van der Waals surface area (Å²) in [5.41, 5.74) is 1.02. The van der Waals surface area contributed by atoms with Gasteiger partial charge in [0.1, 0.15) is 0 Å². The monoisotopic (exact) mass is 381 g/mol. The predicted molar refractivity (Wildman–Crippen MR) is 102 cm³/mol. The minimum atomic E-state index is -0.933. The maximum atomic E-state index is 12.4. The lowest BCUT2D eigenvalue weighted by atomic mass is 10.1. The van der Waals surface area contributed by atoms with Crippen LogP contribution in [0.1, 0.15) is 38.3 Å². The molecule has 2 rings (SSSR count). The lowest BCUT2D eigenvalue weighted by Crippen LogP contribution is -2.45. The van der Waals surface area contributed by atoms with Gasteiger partial charge < -0.3 is 10.4 Å². The van der Waals surface area contributed by atoms with Gasteiger partial charge in [0.15, 0.2) is 0 Å². The first kappa shape index (κ1) is 20.7. The highest BCUT2D eigenvalue weighted by atomic mass is 35.5. The number of hydrogen-bond donors (Lipinski definition) is 2. The topological polar surface area (TPSA) is 72.9 Å². The average molecular weight is 382 g/mol. The zero-order chi connectivity index (χ0) is 19.1. The largest absolute Gasteiger partial charge is 0.480 e. The lowest BCUT2D eigenvalue weighted by Gasteiger charge is -2.29. The van der Waals surface area contributed by atoms with Gasteiger partial charge in [-0.05, 0) is 51.4 Å². The third kappa shape index (κ3) is 5.97. The van der Waals surface area contributed by atoms with Gasteiger partial charge in [0.2, 0.25) is 5.91 Å². The van der Waals surface area contributed by atoms with E-state index >= 15 is 0 Å². The quantitative estimate of drug-likeness (QED) is 0.687. The molecule has 144 valence electrons. The van der Waals surface area contributed by atoms with Crippen molar-refractivity contribution in [2.24, 2.45) is 0 Å². The number of halogens is 1. The molecular weight excluding hydrogens is 354 g/mol. The molecule has 1 saturated heterocycles. The number of carbonyl (C=O) groups excluding carboxylic acids is 1. The Bertz CT molecular complexity index is 618. The minimum absolute atomic E-state index is 0.0187. The molecule has 7 heteroatoms. The highest BCUT2D eigenvalue weighted by Gasteiger charge is 2.26. The first-order valence-corrected chi connectivity index (χ1v) is 9.47. The SMILES string of the molecule is CC(C)N(CC(=O)O)CC(=O)NCC(c1ccccc1Cl)N1CCCC1.